The molecule has 72 heavy (non-hydrogen) atoms. The minimum atomic E-state index is -4.68. The van der Waals surface area contributed by atoms with Crippen LogP contribution in [0.25, 0.3) is 10.9 Å². The van der Waals surface area contributed by atoms with Gasteiger partial charge in [-0.2, -0.15) is 0 Å². The molecule has 0 aliphatic carbocycles. The van der Waals surface area contributed by atoms with Crippen molar-refractivity contribution < 1.29 is 54.3 Å². The van der Waals surface area contributed by atoms with E-state index in [-0.39, 0.29) is 38.9 Å². The van der Waals surface area contributed by atoms with Crippen LogP contribution in [0.15, 0.2) is 168 Å². The Hall–Kier alpha value is -8.30. The molecule has 374 valence electrons. The molecular weight excluding hydrogens is 973 g/mol. The molecule has 0 spiro atoms. The summed E-state index contributed by atoms with van der Waals surface area (Å²) in [6.07, 6.45) is 1.41. The molecule has 0 radical (unpaired) electrons. The highest BCUT2D eigenvalue weighted by atomic mass is 32.2. The first-order valence-corrected chi connectivity index (χ1v) is 25.1. The van der Waals surface area contributed by atoms with Gasteiger partial charge in [-0.15, -0.1) is 0 Å². The van der Waals surface area contributed by atoms with E-state index in [9.17, 15) is 44.8 Å². The van der Waals surface area contributed by atoms with Crippen molar-refractivity contribution in [2.24, 2.45) is 11.5 Å². The third-order valence-electron chi connectivity index (χ3n) is 11.6. The minimum absolute atomic E-state index is 0.0599. The van der Waals surface area contributed by atoms with Gasteiger partial charge >= 0.3 is 0 Å². The number of nitrogens with two attached hydrogens (primary N) is 2. The number of para-hydroxylation sites is 1. The summed E-state index contributed by atoms with van der Waals surface area (Å²) in [4.78, 5) is 60.9. The third-order valence-corrected chi connectivity index (χ3v) is 15.2. The number of nitrogens with zero attached hydrogens (tertiary/aromatic N) is 2. The number of primary amides is 2. The lowest BCUT2D eigenvalue weighted by atomic mass is 9.69. The first-order valence-electron chi connectivity index (χ1n) is 22.2. The van der Waals surface area contributed by atoms with Crippen LogP contribution in [0.4, 0.5) is 20.2 Å². The number of hydrogen-bond acceptors (Lipinski definition) is 10. The Morgan fingerprint density at radius 2 is 1.08 bits per heavy atom. The molecule has 3 unspecified atom stereocenters. The highest BCUT2D eigenvalue weighted by Crippen LogP contribution is 2.43. The lowest BCUT2D eigenvalue weighted by Gasteiger charge is -2.43. The van der Waals surface area contributed by atoms with E-state index >= 15 is 0 Å². The maximum Gasteiger partial charge on any atom is 0.264 e. The average Bonchev–Trinajstić information content (AvgIpc) is 3.79. The fourth-order valence-electron chi connectivity index (χ4n) is 8.31. The maximum absolute atomic E-state index is 14.9. The van der Waals surface area contributed by atoms with Gasteiger partial charge in [-0.3, -0.25) is 27.8 Å². The van der Waals surface area contributed by atoms with Gasteiger partial charge in [-0.25, -0.2) is 25.6 Å². The van der Waals surface area contributed by atoms with E-state index in [1.54, 1.807) is 44.2 Å². The van der Waals surface area contributed by atoms with Crippen molar-refractivity contribution in [2.45, 2.75) is 41.1 Å². The van der Waals surface area contributed by atoms with E-state index in [2.05, 4.69) is 15.6 Å². The van der Waals surface area contributed by atoms with E-state index in [4.69, 9.17) is 20.9 Å². The molecule has 0 aliphatic heterocycles. The fourth-order valence-corrected chi connectivity index (χ4v) is 11.2. The zero-order valence-corrected chi connectivity index (χ0v) is 40.3. The van der Waals surface area contributed by atoms with Gasteiger partial charge in [0.15, 0.2) is 5.54 Å². The van der Waals surface area contributed by atoms with E-state index in [1.807, 2.05) is 0 Å². The molecular formula is C51H49F2N7O10S2. The Morgan fingerprint density at radius 1 is 0.625 bits per heavy atom. The molecule has 0 saturated carbocycles. The Labute approximate surface area is 413 Å². The number of sulfonamides is 2. The van der Waals surface area contributed by atoms with Crippen LogP contribution < -0.4 is 40.2 Å². The molecule has 6 aromatic carbocycles. The number of aromatic nitrogens is 1. The van der Waals surface area contributed by atoms with Gasteiger partial charge in [-0.05, 0) is 128 Å². The molecule has 3 atom stereocenters. The molecule has 7 aromatic rings. The number of aromatic amines is 1. The van der Waals surface area contributed by atoms with Crippen LogP contribution in [0.5, 0.6) is 11.5 Å². The number of rotatable bonds is 22. The van der Waals surface area contributed by atoms with Crippen LogP contribution >= 0.6 is 0 Å². The van der Waals surface area contributed by atoms with Crippen LogP contribution in [0, 0.1) is 11.6 Å². The average molecular weight is 1020 g/mol. The highest BCUT2D eigenvalue weighted by Gasteiger charge is 2.54. The predicted octanol–water partition coefficient (Wildman–Crippen LogP) is 5.59. The molecule has 1 aromatic heterocycles. The second-order valence-corrected chi connectivity index (χ2v) is 19.8. The monoisotopic (exact) mass is 1020 g/mol. The van der Waals surface area contributed by atoms with Crippen LogP contribution in [0.3, 0.4) is 0 Å². The standard InChI is InChI=1S/C51H49F2N7O10S2/c1-3-69-38-22-26-40(27-23-38)71(65,66)59(36-18-14-34(52)15-19-36)31-45(61)57-48(49(54)63)47(43-30-56-44-13-9-8-12-42(43)44)51(50(55)64,33-10-6-5-7-11-33)58-46(62)32-60(37-20-16-35(53)17-21-37)72(67,68)41-28-24-39(25-29-41)70-4-2/h5-30,47-48,56H,3-4,31-32H2,1-2H3,(H2,54,63)(H2,55,64)(H,57,61)(H,58,62). The van der Waals surface area contributed by atoms with Crippen molar-refractivity contribution in [3.05, 3.63) is 181 Å². The number of ether oxygens (including phenoxy) is 2. The normalized spacial score (nSPS) is 13.2. The van der Waals surface area contributed by atoms with Gasteiger partial charge in [-0.1, -0.05) is 48.5 Å². The van der Waals surface area contributed by atoms with Crippen molar-refractivity contribution in [1.82, 2.24) is 15.6 Å². The van der Waals surface area contributed by atoms with Crippen molar-refractivity contribution >= 4 is 66.0 Å². The minimum Gasteiger partial charge on any atom is -0.494 e. The van der Waals surface area contributed by atoms with Gasteiger partial charge in [0, 0.05) is 17.1 Å². The summed E-state index contributed by atoms with van der Waals surface area (Å²) in [6.45, 7) is 1.94. The van der Waals surface area contributed by atoms with E-state index in [0.29, 0.717) is 37.6 Å². The molecule has 1 heterocycles. The first-order chi connectivity index (χ1) is 34.4. The first kappa shape index (κ1) is 51.5. The summed E-state index contributed by atoms with van der Waals surface area (Å²) in [5.74, 6) is -7.47. The van der Waals surface area contributed by atoms with Gasteiger partial charge < -0.3 is 36.6 Å². The number of nitrogens with one attached hydrogen (secondary N) is 3. The van der Waals surface area contributed by atoms with Gasteiger partial charge in [0.25, 0.3) is 20.0 Å². The van der Waals surface area contributed by atoms with Crippen LogP contribution in [0.1, 0.15) is 30.9 Å². The number of carbonyl (C=O) groups excluding carboxylic acids is 4. The topological polar surface area (TPSA) is 253 Å². The largest absolute Gasteiger partial charge is 0.494 e. The third kappa shape index (κ3) is 10.9. The van der Waals surface area contributed by atoms with E-state index in [0.717, 1.165) is 48.5 Å². The van der Waals surface area contributed by atoms with Crippen molar-refractivity contribution in [2.75, 3.05) is 34.9 Å². The number of amides is 4. The number of H-pyrrole nitrogens is 1. The summed E-state index contributed by atoms with van der Waals surface area (Å²) in [5, 5.41) is 5.54. The summed E-state index contributed by atoms with van der Waals surface area (Å²) < 4.78 is 98.7. The smallest absolute Gasteiger partial charge is 0.264 e. The molecule has 0 saturated heterocycles. The lowest BCUT2D eigenvalue weighted by molar-refractivity contribution is -0.135. The quantitative estimate of drug-likeness (QED) is 0.0563. The summed E-state index contributed by atoms with van der Waals surface area (Å²) in [7, 11) is -9.34. The number of carbonyl (C=O) groups is 4. The van der Waals surface area contributed by atoms with Crippen molar-refractivity contribution in [3.8, 4) is 11.5 Å². The Balaban J connectivity index is 1.36. The predicted molar refractivity (Wildman–Crippen MR) is 265 cm³/mol. The van der Waals surface area contributed by atoms with Crippen LogP contribution in [0.2, 0.25) is 0 Å². The zero-order valence-electron chi connectivity index (χ0n) is 38.7. The number of halogens is 2. The Kier molecular flexibility index (Phi) is 15.6. The molecule has 4 amide bonds. The van der Waals surface area contributed by atoms with E-state index < -0.39 is 85.9 Å². The van der Waals surface area contributed by atoms with Crippen molar-refractivity contribution in [1.29, 1.82) is 0 Å². The molecule has 7 N–H and O–H groups in total. The van der Waals surface area contributed by atoms with Gasteiger partial charge in [0.05, 0.1) is 40.3 Å². The second-order valence-electron chi connectivity index (χ2n) is 16.1. The molecule has 7 rings (SSSR count). The number of anilines is 2. The Bertz CT molecular complexity index is 3290. The van der Waals surface area contributed by atoms with Crippen molar-refractivity contribution in [3.63, 3.8) is 0 Å². The Morgan fingerprint density at radius 3 is 1.54 bits per heavy atom. The number of hydrogen-bond donors (Lipinski definition) is 5. The fraction of sp³-hybridized carbons (Fsp3) is 0.176. The summed E-state index contributed by atoms with van der Waals surface area (Å²) >= 11 is 0. The molecule has 0 aliphatic rings. The lowest BCUT2D eigenvalue weighted by Crippen LogP contribution is -2.66. The number of benzene rings is 6. The van der Waals surface area contributed by atoms with Gasteiger partial charge in [0.2, 0.25) is 23.6 Å². The summed E-state index contributed by atoms with van der Waals surface area (Å²) in [6, 6.07) is 31.0. The number of fused-ring (bicyclic) bond motifs is 1. The SMILES string of the molecule is CCOc1ccc(S(=O)(=O)N(CC(=O)NC(C(N)=O)C(c2c[nH]c3ccccc23)C(NC(=O)CN(c2ccc(F)cc2)S(=O)(=O)c2ccc(OCC)cc2)(C(N)=O)c2ccccc2)c2ccc(F)cc2)cc1. The maximum atomic E-state index is 14.9. The highest BCUT2D eigenvalue weighted by molar-refractivity contribution is 7.93. The second kappa shape index (κ2) is 21.8. The molecule has 0 fully saturated rings. The van der Waals surface area contributed by atoms with Crippen LogP contribution in [-0.2, 0) is 44.8 Å². The molecule has 17 nitrogen and oxygen atoms in total. The molecule has 0 bridgehead atoms. The molecule has 21 heteroatoms. The zero-order chi connectivity index (χ0) is 51.8. The van der Waals surface area contributed by atoms with E-state index in [1.165, 1.54) is 79.0 Å². The summed E-state index contributed by atoms with van der Waals surface area (Å²) in [5.41, 5.74) is 10.2. The van der Waals surface area contributed by atoms with Gasteiger partial charge in [0.1, 0.15) is 42.3 Å². The van der Waals surface area contributed by atoms with Crippen LogP contribution in [-0.4, -0.2) is 77.8 Å².